The Morgan fingerprint density at radius 1 is 1.17 bits per heavy atom. The van der Waals surface area contributed by atoms with Crippen LogP contribution < -0.4 is 5.32 Å². The average molecular weight is 396 g/mol. The van der Waals surface area contributed by atoms with Crippen LogP contribution in [-0.2, 0) is 20.7 Å². The maximum atomic E-state index is 12.2. The van der Waals surface area contributed by atoms with E-state index in [0.29, 0.717) is 25.9 Å². The SMILES string of the molecule is CCOC(=O)C1(NC(=O)CCCCc2ccc(Br)cc2)CCCC1. The van der Waals surface area contributed by atoms with E-state index < -0.39 is 5.54 Å². The molecule has 1 amide bonds. The van der Waals surface area contributed by atoms with Gasteiger partial charge < -0.3 is 10.1 Å². The van der Waals surface area contributed by atoms with Gasteiger partial charge in [0.15, 0.2) is 0 Å². The van der Waals surface area contributed by atoms with Crippen LogP contribution in [0.15, 0.2) is 28.7 Å². The molecule has 0 bridgehead atoms. The van der Waals surface area contributed by atoms with Crippen molar-refractivity contribution in [3.63, 3.8) is 0 Å². The lowest BCUT2D eigenvalue weighted by molar-refractivity contribution is -0.153. The van der Waals surface area contributed by atoms with Crippen molar-refractivity contribution in [2.45, 2.75) is 63.8 Å². The molecule has 0 heterocycles. The summed E-state index contributed by atoms with van der Waals surface area (Å²) in [6.07, 6.45) is 6.50. The summed E-state index contributed by atoms with van der Waals surface area (Å²) in [6.45, 7) is 2.15. The summed E-state index contributed by atoms with van der Waals surface area (Å²) in [4.78, 5) is 24.4. The standard InChI is InChI=1S/C19H26BrNO3/c1-2-24-18(23)19(13-5-6-14-19)21-17(22)8-4-3-7-15-9-11-16(20)12-10-15/h9-12H,2-8,13-14H2,1H3,(H,21,22). The van der Waals surface area contributed by atoms with E-state index in [0.717, 1.165) is 36.6 Å². The Kier molecular flexibility index (Phi) is 7.28. The maximum Gasteiger partial charge on any atom is 0.331 e. The van der Waals surface area contributed by atoms with Gasteiger partial charge in [-0.15, -0.1) is 0 Å². The number of halogens is 1. The molecule has 1 N–H and O–H groups in total. The summed E-state index contributed by atoms with van der Waals surface area (Å²) in [5.41, 5.74) is 0.496. The Balaban J connectivity index is 1.75. The number of carbonyl (C=O) groups is 2. The fourth-order valence-corrected chi connectivity index (χ4v) is 3.49. The highest BCUT2D eigenvalue weighted by atomic mass is 79.9. The largest absolute Gasteiger partial charge is 0.464 e. The molecule has 1 aromatic carbocycles. The van der Waals surface area contributed by atoms with Gasteiger partial charge in [-0.3, -0.25) is 4.79 Å². The van der Waals surface area contributed by atoms with Crippen molar-refractivity contribution in [2.75, 3.05) is 6.61 Å². The summed E-state index contributed by atoms with van der Waals surface area (Å²) < 4.78 is 6.24. The van der Waals surface area contributed by atoms with E-state index in [9.17, 15) is 9.59 Å². The molecule has 0 unspecified atom stereocenters. The van der Waals surface area contributed by atoms with Crippen molar-refractivity contribution < 1.29 is 14.3 Å². The van der Waals surface area contributed by atoms with Crippen molar-refractivity contribution in [3.05, 3.63) is 34.3 Å². The molecule has 4 nitrogen and oxygen atoms in total. The number of rotatable bonds is 8. The first-order valence-corrected chi connectivity index (χ1v) is 9.58. The Morgan fingerprint density at radius 3 is 2.46 bits per heavy atom. The van der Waals surface area contributed by atoms with Crippen LogP contribution >= 0.6 is 15.9 Å². The molecule has 1 saturated carbocycles. The first kappa shape index (κ1) is 19.0. The molecular weight excluding hydrogens is 370 g/mol. The van der Waals surface area contributed by atoms with Gasteiger partial charge >= 0.3 is 5.97 Å². The lowest BCUT2D eigenvalue weighted by Crippen LogP contribution is -2.53. The molecule has 1 aliphatic rings. The van der Waals surface area contributed by atoms with Crippen LogP contribution in [0, 0.1) is 0 Å². The third kappa shape index (κ3) is 5.33. The normalized spacial score (nSPS) is 15.9. The zero-order valence-electron chi connectivity index (χ0n) is 14.3. The van der Waals surface area contributed by atoms with Crippen LogP contribution in [0.5, 0.6) is 0 Å². The number of nitrogens with one attached hydrogen (secondary N) is 1. The molecule has 1 aromatic rings. The molecule has 0 spiro atoms. The number of carbonyl (C=O) groups excluding carboxylic acids is 2. The van der Waals surface area contributed by atoms with E-state index in [-0.39, 0.29) is 11.9 Å². The van der Waals surface area contributed by atoms with Gasteiger partial charge in [-0.25, -0.2) is 4.79 Å². The Hall–Kier alpha value is -1.36. The van der Waals surface area contributed by atoms with E-state index in [1.54, 1.807) is 6.92 Å². The lowest BCUT2D eigenvalue weighted by atomic mass is 9.97. The second kappa shape index (κ2) is 9.21. The van der Waals surface area contributed by atoms with Gasteiger partial charge in [-0.1, -0.05) is 40.9 Å². The van der Waals surface area contributed by atoms with Gasteiger partial charge in [0, 0.05) is 10.9 Å². The number of hydrogen-bond acceptors (Lipinski definition) is 3. The van der Waals surface area contributed by atoms with Crippen LogP contribution in [-0.4, -0.2) is 24.0 Å². The van der Waals surface area contributed by atoms with Gasteiger partial charge in [0.05, 0.1) is 6.61 Å². The minimum Gasteiger partial charge on any atom is -0.464 e. The number of amides is 1. The Morgan fingerprint density at radius 2 is 1.83 bits per heavy atom. The molecule has 132 valence electrons. The second-order valence-electron chi connectivity index (χ2n) is 6.39. The highest BCUT2D eigenvalue weighted by Gasteiger charge is 2.43. The minimum atomic E-state index is -0.779. The maximum absolute atomic E-state index is 12.2. The number of unbranched alkanes of at least 4 members (excludes halogenated alkanes) is 1. The second-order valence-corrected chi connectivity index (χ2v) is 7.31. The summed E-state index contributed by atoms with van der Waals surface area (Å²) in [6, 6.07) is 8.26. The van der Waals surface area contributed by atoms with Crippen LogP contribution in [0.2, 0.25) is 0 Å². The molecule has 0 aromatic heterocycles. The van der Waals surface area contributed by atoms with E-state index >= 15 is 0 Å². The number of hydrogen-bond donors (Lipinski definition) is 1. The van der Waals surface area contributed by atoms with Gasteiger partial charge in [-0.2, -0.15) is 0 Å². The number of esters is 1. The molecule has 1 fully saturated rings. The molecular formula is C19H26BrNO3. The van der Waals surface area contributed by atoms with Crippen LogP contribution in [0.3, 0.4) is 0 Å². The van der Waals surface area contributed by atoms with Crippen molar-refractivity contribution in [1.29, 1.82) is 0 Å². The minimum absolute atomic E-state index is 0.0410. The summed E-state index contributed by atoms with van der Waals surface area (Å²) in [5, 5.41) is 2.96. The van der Waals surface area contributed by atoms with Gasteiger partial charge in [0.25, 0.3) is 0 Å². The predicted molar refractivity (Wildman–Crippen MR) is 97.7 cm³/mol. The zero-order chi connectivity index (χ0) is 17.4. The van der Waals surface area contributed by atoms with Crippen molar-refractivity contribution in [3.8, 4) is 0 Å². The van der Waals surface area contributed by atoms with E-state index in [4.69, 9.17) is 4.74 Å². The third-order valence-electron chi connectivity index (χ3n) is 4.53. The molecule has 24 heavy (non-hydrogen) atoms. The molecule has 0 radical (unpaired) electrons. The summed E-state index contributed by atoms with van der Waals surface area (Å²) >= 11 is 3.42. The highest BCUT2D eigenvalue weighted by molar-refractivity contribution is 9.10. The van der Waals surface area contributed by atoms with Gasteiger partial charge in [0.2, 0.25) is 5.91 Å². The third-order valence-corrected chi connectivity index (χ3v) is 5.06. The quantitative estimate of drug-likeness (QED) is 0.531. The van der Waals surface area contributed by atoms with E-state index in [1.165, 1.54) is 5.56 Å². The van der Waals surface area contributed by atoms with E-state index in [2.05, 4.69) is 33.4 Å². The van der Waals surface area contributed by atoms with Gasteiger partial charge in [0.1, 0.15) is 5.54 Å². The summed E-state index contributed by atoms with van der Waals surface area (Å²) in [7, 11) is 0. The molecule has 0 saturated heterocycles. The highest BCUT2D eigenvalue weighted by Crippen LogP contribution is 2.31. The number of aryl methyl sites for hydroxylation is 1. The number of ether oxygens (including phenoxy) is 1. The van der Waals surface area contributed by atoms with Gasteiger partial charge in [-0.05, 0) is 56.7 Å². The summed E-state index contributed by atoms with van der Waals surface area (Å²) in [5.74, 6) is -0.313. The fraction of sp³-hybridized carbons (Fsp3) is 0.579. The monoisotopic (exact) mass is 395 g/mol. The zero-order valence-corrected chi connectivity index (χ0v) is 15.9. The Labute approximate surface area is 152 Å². The van der Waals surface area contributed by atoms with Crippen molar-refractivity contribution in [2.24, 2.45) is 0 Å². The van der Waals surface area contributed by atoms with Crippen molar-refractivity contribution >= 4 is 27.8 Å². The van der Waals surface area contributed by atoms with E-state index in [1.807, 2.05) is 12.1 Å². The Bertz CT molecular complexity index is 550. The topological polar surface area (TPSA) is 55.4 Å². The predicted octanol–water partition coefficient (Wildman–Crippen LogP) is 4.15. The van der Waals surface area contributed by atoms with Crippen LogP contribution in [0.25, 0.3) is 0 Å². The fourth-order valence-electron chi connectivity index (χ4n) is 3.22. The van der Waals surface area contributed by atoms with Crippen LogP contribution in [0.4, 0.5) is 0 Å². The average Bonchev–Trinajstić information content (AvgIpc) is 3.03. The lowest BCUT2D eigenvalue weighted by Gasteiger charge is -2.27. The molecule has 0 atom stereocenters. The number of benzene rings is 1. The van der Waals surface area contributed by atoms with Crippen molar-refractivity contribution in [1.82, 2.24) is 5.32 Å². The molecule has 1 aliphatic carbocycles. The first-order valence-electron chi connectivity index (χ1n) is 8.78. The smallest absolute Gasteiger partial charge is 0.331 e. The molecule has 2 rings (SSSR count). The first-order chi connectivity index (χ1) is 11.6. The van der Waals surface area contributed by atoms with Crippen LogP contribution in [0.1, 0.15) is 57.4 Å². The molecule has 5 heteroatoms. The molecule has 0 aliphatic heterocycles.